The lowest BCUT2D eigenvalue weighted by Gasteiger charge is -2.01. The van der Waals surface area contributed by atoms with Crippen molar-refractivity contribution in [3.8, 4) is 6.07 Å². The van der Waals surface area contributed by atoms with Crippen LogP contribution in [0.1, 0.15) is 17.0 Å². The van der Waals surface area contributed by atoms with Crippen LogP contribution < -0.4 is 5.32 Å². The Hall–Kier alpha value is -2.16. The van der Waals surface area contributed by atoms with Crippen LogP contribution in [-0.2, 0) is 19.6 Å². The van der Waals surface area contributed by atoms with E-state index in [1.165, 1.54) is 16.5 Å². The van der Waals surface area contributed by atoms with Crippen LogP contribution in [-0.4, -0.2) is 9.55 Å². The summed E-state index contributed by atoms with van der Waals surface area (Å²) >= 11 is 1.66. The number of nitrogens with one attached hydrogen (secondary N) is 1. The van der Waals surface area contributed by atoms with Crippen molar-refractivity contribution in [2.75, 3.05) is 0 Å². The zero-order chi connectivity index (χ0) is 14.5. The molecule has 106 valence electrons. The van der Waals surface area contributed by atoms with Crippen molar-refractivity contribution in [1.82, 2.24) is 14.9 Å². The normalized spacial score (nSPS) is 10.8. The monoisotopic (exact) mass is 296 g/mol. The van der Waals surface area contributed by atoms with E-state index in [4.69, 9.17) is 5.26 Å². The van der Waals surface area contributed by atoms with Gasteiger partial charge in [0.1, 0.15) is 5.01 Å². The van der Waals surface area contributed by atoms with E-state index in [2.05, 4.69) is 45.3 Å². The van der Waals surface area contributed by atoms with Gasteiger partial charge in [0.05, 0.1) is 12.5 Å². The van der Waals surface area contributed by atoms with E-state index < -0.39 is 0 Å². The Morgan fingerprint density at radius 2 is 2.19 bits per heavy atom. The van der Waals surface area contributed by atoms with Crippen molar-refractivity contribution in [3.05, 3.63) is 52.6 Å². The molecule has 0 saturated carbocycles. The van der Waals surface area contributed by atoms with E-state index in [-0.39, 0.29) is 0 Å². The SMILES string of the molecule is N#CCCn1cc(CNCc2nccs2)c2ccccc21. The van der Waals surface area contributed by atoms with E-state index in [0.29, 0.717) is 6.42 Å². The predicted molar refractivity (Wildman–Crippen MR) is 84.8 cm³/mol. The Labute approximate surface area is 127 Å². The molecule has 0 spiro atoms. The second-order valence-electron chi connectivity index (χ2n) is 4.80. The van der Waals surface area contributed by atoms with Crippen molar-refractivity contribution < 1.29 is 0 Å². The first-order chi connectivity index (χ1) is 10.4. The molecule has 1 N–H and O–H groups in total. The van der Waals surface area contributed by atoms with E-state index in [1.807, 2.05) is 17.6 Å². The minimum absolute atomic E-state index is 0.532. The minimum Gasteiger partial charge on any atom is -0.346 e. The fourth-order valence-electron chi connectivity index (χ4n) is 2.46. The highest BCUT2D eigenvalue weighted by Gasteiger charge is 2.07. The van der Waals surface area contributed by atoms with Gasteiger partial charge < -0.3 is 9.88 Å². The maximum Gasteiger partial charge on any atom is 0.106 e. The van der Waals surface area contributed by atoms with Crippen LogP contribution in [0, 0.1) is 11.3 Å². The molecular weight excluding hydrogens is 280 g/mol. The van der Waals surface area contributed by atoms with Crippen molar-refractivity contribution in [2.45, 2.75) is 26.1 Å². The summed E-state index contributed by atoms with van der Waals surface area (Å²) in [5, 5.41) is 16.6. The lowest BCUT2D eigenvalue weighted by molar-refractivity contribution is 0.684. The second kappa shape index (κ2) is 6.53. The topological polar surface area (TPSA) is 53.6 Å². The Morgan fingerprint density at radius 1 is 1.29 bits per heavy atom. The number of rotatable bonds is 6. The number of nitrogens with zero attached hydrogens (tertiary/aromatic N) is 3. The smallest absolute Gasteiger partial charge is 0.106 e. The third-order valence-electron chi connectivity index (χ3n) is 3.41. The Morgan fingerprint density at radius 3 is 3.00 bits per heavy atom. The third-order valence-corrected chi connectivity index (χ3v) is 4.19. The molecule has 3 aromatic rings. The second-order valence-corrected chi connectivity index (χ2v) is 5.78. The molecule has 2 aromatic heterocycles. The summed E-state index contributed by atoms with van der Waals surface area (Å²) in [6.07, 6.45) is 4.51. The summed E-state index contributed by atoms with van der Waals surface area (Å²) < 4.78 is 2.17. The molecule has 0 atom stereocenters. The van der Waals surface area contributed by atoms with Gasteiger partial charge in [-0.3, -0.25) is 0 Å². The van der Waals surface area contributed by atoms with Crippen LogP contribution >= 0.6 is 11.3 Å². The van der Waals surface area contributed by atoms with Gasteiger partial charge in [-0.25, -0.2) is 4.98 Å². The Balaban J connectivity index is 1.76. The molecule has 0 radical (unpaired) electrons. The summed E-state index contributed by atoms with van der Waals surface area (Å²) in [6, 6.07) is 10.6. The van der Waals surface area contributed by atoms with E-state index in [9.17, 15) is 0 Å². The van der Waals surface area contributed by atoms with E-state index in [1.54, 1.807) is 11.3 Å². The molecule has 0 amide bonds. The Kier molecular flexibility index (Phi) is 4.29. The molecule has 3 rings (SSSR count). The van der Waals surface area contributed by atoms with Crippen LogP contribution in [0.4, 0.5) is 0 Å². The van der Waals surface area contributed by atoms with Crippen LogP contribution in [0.3, 0.4) is 0 Å². The maximum absolute atomic E-state index is 8.77. The van der Waals surface area contributed by atoms with Gasteiger partial charge in [-0.2, -0.15) is 5.26 Å². The summed E-state index contributed by atoms with van der Waals surface area (Å²) in [6.45, 7) is 2.33. The number of nitriles is 1. The highest BCUT2D eigenvalue weighted by Crippen LogP contribution is 2.21. The fraction of sp³-hybridized carbons (Fsp3) is 0.250. The van der Waals surface area contributed by atoms with Gasteiger partial charge in [0.25, 0.3) is 0 Å². The van der Waals surface area contributed by atoms with Crippen molar-refractivity contribution in [3.63, 3.8) is 0 Å². The van der Waals surface area contributed by atoms with Crippen LogP contribution in [0.2, 0.25) is 0 Å². The van der Waals surface area contributed by atoms with Gasteiger partial charge >= 0.3 is 0 Å². The molecule has 0 bridgehead atoms. The molecule has 0 aliphatic rings. The highest BCUT2D eigenvalue weighted by molar-refractivity contribution is 7.09. The minimum atomic E-state index is 0.532. The summed E-state index contributed by atoms with van der Waals surface area (Å²) in [7, 11) is 0. The Bertz CT molecular complexity index is 752. The van der Waals surface area contributed by atoms with Crippen LogP contribution in [0.15, 0.2) is 42.0 Å². The first-order valence-electron chi connectivity index (χ1n) is 6.91. The van der Waals surface area contributed by atoms with Gasteiger partial charge in [0, 0.05) is 48.3 Å². The van der Waals surface area contributed by atoms with Crippen molar-refractivity contribution >= 4 is 22.2 Å². The molecule has 0 aliphatic carbocycles. The standard InChI is InChI=1S/C16H16N4S/c17-6-3-8-20-12-13(14-4-1-2-5-15(14)20)10-18-11-16-19-7-9-21-16/h1-2,4-5,7,9,12,18H,3,8,10-11H2. The number of fused-ring (bicyclic) bond motifs is 1. The first kappa shape index (κ1) is 13.8. The van der Waals surface area contributed by atoms with Gasteiger partial charge in [-0.15, -0.1) is 11.3 Å². The predicted octanol–water partition coefficient (Wildman–Crippen LogP) is 3.30. The molecule has 0 unspecified atom stereocenters. The molecule has 21 heavy (non-hydrogen) atoms. The maximum atomic E-state index is 8.77. The van der Waals surface area contributed by atoms with Gasteiger partial charge in [0.15, 0.2) is 0 Å². The number of hydrogen-bond donors (Lipinski definition) is 1. The lowest BCUT2D eigenvalue weighted by atomic mass is 10.2. The molecule has 4 nitrogen and oxygen atoms in total. The van der Waals surface area contributed by atoms with Crippen molar-refractivity contribution in [1.29, 1.82) is 5.26 Å². The number of thiazole rings is 1. The average Bonchev–Trinajstić information content (AvgIpc) is 3.14. The number of benzene rings is 1. The zero-order valence-corrected chi connectivity index (χ0v) is 12.4. The quantitative estimate of drug-likeness (QED) is 0.759. The molecule has 5 heteroatoms. The third kappa shape index (κ3) is 3.13. The number of aromatic nitrogens is 2. The largest absolute Gasteiger partial charge is 0.346 e. The van der Waals surface area contributed by atoms with Gasteiger partial charge in [-0.1, -0.05) is 18.2 Å². The van der Waals surface area contributed by atoms with Gasteiger partial charge in [0.2, 0.25) is 0 Å². The molecular formula is C16H16N4S. The van der Waals surface area contributed by atoms with E-state index >= 15 is 0 Å². The number of hydrogen-bond acceptors (Lipinski definition) is 4. The summed E-state index contributed by atoms with van der Waals surface area (Å²) in [5.74, 6) is 0. The summed E-state index contributed by atoms with van der Waals surface area (Å²) in [5.41, 5.74) is 2.46. The summed E-state index contributed by atoms with van der Waals surface area (Å²) in [4.78, 5) is 4.27. The zero-order valence-electron chi connectivity index (χ0n) is 11.6. The number of aryl methyl sites for hydroxylation is 1. The number of para-hydroxylation sites is 1. The van der Waals surface area contributed by atoms with E-state index in [0.717, 1.165) is 24.6 Å². The molecule has 0 fully saturated rings. The van der Waals surface area contributed by atoms with Crippen LogP contribution in [0.25, 0.3) is 10.9 Å². The first-order valence-corrected chi connectivity index (χ1v) is 7.79. The molecule has 1 aromatic carbocycles. The molecule has 2 heterocycles. The van der Waals surface area contributed by atoms with Crippen LogP contribution in [0.5, 0.6) is 0 Å². The highest BCUT2D eigenvalue weighted by atomic mass is 32.1. The van der Waals surface area contributed by atoms with Gasteiger partial charge in [-0.05, 0) is 11.6 Å². The molecule has 0 aliphatic heterocycles. The fourth-order valence-corrected chi connectivity index (χ4v) is 3.05. The molecule has 0 saturated heterocycles. The lowest BCUT2D eigenvalue weighted by Crippen LogP contribution is -2.12. The van der Waals surface area contributed by atoms with Crippen molar-refractivity contribution in [2.24, 2.45) is 0 Å². The average molecular weight is 296 g/mol.